The van der Waals surface area contributed by atoms with Crippen LogP contribution >= 0.6 is 11.6 Å². The molecule has 6 aromatic rings. The van der Waals surface area contributed by atoms with Crippen LogP contribution < -0.4 is 10.6 Å². The molecule has 0 bridgehead atoms. The van der Waals surface area contributed by atoms with Crippen LogP contribution in [0.5, 0.6) is 0 Å². The molecule has 24 heteroatoms. The Morgan fingerprint density at radius 2 is 1.69 bits per heavy atom. The molecule has 3 N–H and O–H groups in total. The standard InChI is InChI=1S/C46H38ClF8N9O5S/c1-44(2,70(67,68)25-6-7-25)14-13-24-5-8-26(27-10-12-30(47)35-38(27)63(19-32(50)51)62-41(35)58-43-60-59-42(69-43)45(3,4)66)36(56-24)31(17-21-15-22(48)18-23(49)16-21)57-33(65)20-64-39-34(37(61-64)40(52)53)28-9-11-29(28)46(39,54)55/h5,8,10,12,15-16,18,25,28-29,31-32,40,66H,6-7,17,19-20H2,1-4H3,(H,57,65)(H,58,60,62)/t28-,29+,31-/m0/s1. The van der Waals surface area contributed by atoms with Crippen LogP contribution in [-0.4, -0.2) is 70.6 Å². The van der Waals surface area contributed by atoms with E-state index in [1.165, 1.54) is 52.0 Å². The molecule has 4 aromatic heterocycles. The number of nitrogens with one attached hydrogen (secondary N) is 2. The second-order valence-electron chi connectivity index (χ2n) is 18.0. The molecular formula is C46H38ClF8N9O5S. The molecule has 0 unspecified atom stereocenters. The lowest BCUT2D eigenvalue weighted by molar-refractivity contribution is -0.123. The highest BCUT2D eigenvalue weighted by Crippen LogP contribution is 2.57. The average Bonchev–Trinajstić information content (AvgIpc) is 3.68. The van der Waals surface area contributed by atoms with E-state index in [9.17, 15) is 44.7 Å². The SMILES string of the molecule is CC(C)(O)c1nnc(Nc2nn(CC(F)F)c3c(-c4ccc(C#CC(C)(C)S(=O)(=O)C5CC5)nc4[C@H](Cc4cc(F)cc(F)c4)NC(=O)Cn4nc(C(F)F)c5c4C(F)(F)[C@@H]4C#C[C@H]54)ccc(Cl)c23)o1. The lowest BCUT2D eigenvalue weighted by atomic mass is 9.84. The Balaban J connectivity index is 1.21. The van der Waals surface area contributed by atoms with Crippen molar-refractivity contribution in [1.82, 2.24) is 40.1 Å². The van der Waals surface area contributed by atoms with Gasteiger partial charge in [0.15, 0.2) is 15.7 Å². The first-order valence-electron chi connectivity index (χ1n) is 21.4. The Hall–Kier alpha value is -6.56. The van der Waals surface area contributed by atoms with E-state index in [4.69, 9.17) is 21.0 Å². The van der Waals surface area contributed by atoms with Crippen molar-refractivity contribution in [2.75, 3.05) is 5.32 Å². The van der Waals surface area contributed by atoms with Crippen LogP contribution in [0.1, 0.15) is 98.7 Å². The zero-order valence-corrected chi connectivity index (χ0v) is 38.6. The van der Waals surface area contributed by atoms with E-state index in [1.54, 1.807) is 0 Å². The Morgan fingerprint density at radius 1 is 0.986 bits per heavy atom. The van der Waals surface area contributed by atoms with E-state index in [0.29, 0.717) is 23.6 Å². The third-order valence-corrected chi connectivity index (χ3v) is 15.2. The number of hydrogen-bond donors (Lipinski definition) is 3. The van der Waals surface area contributed by atoms with E-state index in [1.807, 2.05) is 0 Å². The first-order valence-corrected chi connectivity index (χ1v) is 23.4. The third-order valence-electron chi connectivity index (χ3n) is 12.0. The second-order valence-corrected chi connectivity index (χ2v) is 21.2. The van der Waals surface area contributed by atoms with E-state index in [-0.39, 0.29) is 61.7 Å². The molecule has 0 aliphatic heterocycles. The largest absolute Gasteiger partial charge is 0.405 e. The first-order chi connectivity index (χ1) is 32.8. The highest BCUT2D eigenvalue weighted by Gasteiger charge is 2.60. The number of nitrogens with zero attached hydrogens (tertiary/aromatic N) is 7. The molecule has 3 aliphatic carbocycles. The zero-order valence-electron chi connectivity index (χ0n) is 37.1. The van der Waals surface area contributed by atoms with Crippen molar-refractivity contribution in [1.29, 1.82) is 0 Å². The molecule has 3 atom stereocenters. The molecule has 70 heavy (non-hydrogen) atoms. The summed E-state index contributed by atoms with van der Waals surface area (Å²) in [5, 5.41) is 30.9. The molecule has 1 amide bonds. The number of rotatable bonds is 15. The number of aliphatic hydroxyl groups is 1. The second kappa shape index (κ2) is 17.4. The molecule has 14 nitrogen and oxygen atoms in total. The van der Waals surface area contributed by atoms with Gasteiger partial charge in [-0.15, -0.1) is 5.10 Å². The van der Waals surface area contributed by atoms with Gasteiger partial charge in [-0.3, -0.25) is 19.5 Å². The van der Waals surface area contributed by atoms with Crippen molar-refractivity contribution >= 4 is 50.1 Å². The van der Waals surface area contributed by atoms with E-state index >= 15 is 8.78 Å². The molecule has 1 fully saturated rings. The number of hydrogen-bond acceptors (Lipinski definition) is 11. The normalized spacial score (nSPS) is 17.7. The van der Waals surface area contributed by atoms with Crippen LogP contribution in [0.4, 0.5) is 47.0 Å². The first kappa shape index (κ1) is 48.5. The molecule has 0 spiro atoms. The predicted octanol–water partition coefficient (Wildman–Crippen LogP) is 8.41. The quantitative estimate of drug-likeness (QED) is 0.0664. The Kier molecular flexibility index (Phi) is 12.0. The number of fused-ring (bicyclic) bond motifs is 4. The van der Waals surface area contributed by atoms with Gasteiger partial charge in [0.1, 0.15) is 58.1 Å². The smallest absolute Gasteiger partial charge is 0.321 e. The number of halogens is 9. The summed E-state index contributed by atoms with van der Waals surface area (Å²) in [5.74, 6) is 0.117. The van der Waals surface area contributed by atoms with Crippen LogP contribution in [-0.2, 0) is 45.7 Å². The summed E-state index contributed by atoms with van der Waals surface area (Å²) >= 11 is 6.76. The van der Waals surface area contributed by atoms with Crippen molar-refractivity contribution in [3.63, 3.8) is 0 Å². The van der Waals surface area contributed by atoms with Gasteiger partial charge in [0.2, 0.25) is 11.8 Å². The highest BCUT2D eigenvalue weighted by molar-refractivity contribution is 7.93. The summed E-state index contributed by atoms with van der Waals surface area (Å²) in [4.78, 5) is 19.0. The fraction of sp³-hybridized carbons (Fsp3) is 0.391. The minimum absolute atomic E-state index is 0.0127. The summed E-state index contributed by atoms with van der Waals surface area (Å²) in [5.41, 5.74) is -4.31. The van der Waals surface area contributed by atoms with Gasteiger partial charge in [0.25, 0.3) is 12.9 Å². The van der Waals surface area contributed by atoms with Gasteiger partial charge in [0, 0.05) is 22.8 Å². The average molecular weight is 1020 g/mol. The van der Waals surface area contributed by atoms with Gasteiger partial charge in [-0.1, -0.05) is 40.5 Å². The number of pyridine rings is 1. The van der Waals surface area contributed by atoms with E-state index in [0.717, 1.165) is 16.8 Å². The number of aromatic nitrogens is 7. The van der Waals surface area contributed by atoms with Crippen molar-refractivity contribution in [2.45, 2.75) is 106 Å². The molecule has 1 saturated carbocycles. The maximum absolute atomic E-state index is 15.8. The maximum Gasteiger partial charge on any atom is 0.321 e. The number of benzene rings is 2. The van der Waals surface area contributed by atoms with Gasteiger partial charge >= 0.3 is 11.9 Å². The highest BCUT2D eigenvalue weighted by atomic mass is 35.5. The predicted molar refractivity (Wildman–Crippen MR) is 236 cm³/mol. The van der Waals surface area contributed by atoms with Gasteiger partial charge in [0.05, 0.1) is 38.8 Å². The van der Waals surface area contributed by atoms with E-state index in [2.05, 4.69) is 54.7 Å². The molecule has 366 valence electrons. The minimum atomic E-state index is -3.78. The number of sulfone groups is 1. The van der Waals surface area contributed by atoms with Gasteiger partial charge < -0.3 is 14.8 Å². The maximum atomic E-state index is 15.8. The summed E-state index contributed by atoms with van der Waals surface area (Å²) in [7, 11) is -3.76. The Labute approximate surface area is 398 Å². The molecule has 3 aliphatic rings. The molecule has 0 radical (unpaired) electrons. The number of anilines is 2. The Bertz CT molecular complexity index is 3340. The Morgan fingerprint density at radius 3 is 2.30 bits per heavy atom. The molecule has 4 heterocycles. The number of carbonyl (C=O) groups is 1. The number of amides is 1. The van der Waals surface area contributed by atoms with Crippen molar-refractivity contribution < 1.29 is 57.9 Å². The van der Waals surface area contributed by atoms with Gasteiger partial charge in [-0.25, -0.2) is 39.7 Å². The topological polar surface area (TPSA) is 183 Å². The molecular weight excluding hydrogens is 978 g/mol. The number of alkyl halides is 6. The zero-order chi connectivity index (χ0) is 50.4. The van der Waals surface area contributed by atoms with Crippen LogP contribution in [0, 0.1) is 41.2 Å². The fourth-order valence-electron chi connectivity index (χ4n) is 8.51. The summed E-state index contributed by atoms with van der Waals surface area (Å²) in [6.45, 7) is 3.48. The molecule has 0 saturated heterocycles. The molecule has 2 aromatic carbocycles. The lowest BCUT2D eigenvalue weighted by Crippen LogP contribution is -2.36. The van der Waals surface area contributed by atoms with Crippen molar-refractivity contribution in [2.24, 2.45) is 5.92 Å². The van der Waals surface area contributed by atoms with Gasteiger partial charge in [-0.05, 0) is 88.8 Å². The van der Waals surface area contributed by atoms with Gasteiger partial charge in [-0.2, -0.15) is 19.0 Å². The van der Waals surface area contributed by atoms with E-state index < -0.39 is 116 Å². The summed E-state index contributed by atoms with van der Waals surface area (Å²) in [6, 6.07) is 6.19. The van der Waals surface area contributed by atoms with Crippen molar-refractivity contribution in [3.8, 4) is 34.8 Å². The third kappa shape index (κ3) is 8.83. The fourth-order valence-corrected chi connectivity index (χ4v) is 10.5. The van der Waals surface area contributed by atoms with Crippen LogP contribution in [0.2, 0.25) is 5.02 Å². The minimum Gasteiger partial charge on any atom is -0.405 e. The van der Waals surface area contributed by atoms with Crippen molar-refractivity contribution in [3.05, 3.63) is 98.9 Å². The number of carbonyl (C=O) groups excluding carboxylic acids is 1. The van der Waals surface area contributed by atoms with Crippen LogP contribution in [0.25, 0.3) is 22.0 Å². The summed E-state index contributed by atoms with van der Waals surface area (Å²) in [6.07, 6.45) is -5.93. The monoisotopic (exact) mass is 1020 g/mol. The lowest BCUT2D eigenvalue weighted by Gasteiger charge is -2.24. The van der Waals surface area contributed by atoms with Crippen LogP contribution in [0.15, 0.2) is 46.9 Å². The summed E-state index contributed by atoms with van der Waals surface area (Å²) < 4.78 is 151. The van der Waals surface area contributed by atoms with Crippen LogP contribution in [0.3, 0.4) is 0 Å². The molecule has 9 rings (SSSR count).